The number of furan rings is 1. The summed E-state index contributed by atoms with van der Waals surface area (Å²) in [6.45, 7) is 9.19. The molecule has 1 aromatic heterocycles. The summed E-state index contributed by atoms with van der Waals surface area (Å²) < 4.78 is 6.81. The Morgan fingerprint density at radius 3 is 2.61 bits per heavy atom. The Bertz CT molecular complexity index is 583. The van der Waals surface area contributed by atoms with Gasteiger partial charge in [-0.15, -0.1) is 0 Å². The molecule has 0 unspecified atom stereocenters. The maximum atomic E-state index is 6.07. The molecule has 1 N–H and O–H groups in total. The van der Waals surface area contributed by atoms with Gasteiger partial charge in [0, 0.05) is 15.9 Å². The van der Waals surface area contributed by atoms with Crippen LogP contribution in [0.1, 0.15) is 32.1 Å². The molecule has 0 aliphatic rings. The minimum atomic E-state index is 0.0697. The largest absolute Gasteiger partial charge is 0.458 e. The third-order valence-electron chi connectivity index (χ3n) is 2.84. The average Bonchev–Trinajstić information content (AvgIpc) is 2.53. The van der Waals surface area contributed by atoms with E-state index in [-0.39, 0.29) is 5.54 Å². The van der Waals surface area contributed by atoms with Crippen LogP contribution in [0.25, 0.3) is 11.0 Å². The molecule has 4 heteroatoms. The first-order valence-corrected chi connectivity index (χ1v) is 7.07. The second-order valence-electron chi connectivity index (χ2n) is 5.52. The summed E-state index contributed by atoms with van der Waals surface area (Å²) in [5.41, 5.74) is 2.08. The van der Waals surface area contributed by atoms with Crippen molar-refractivity contribution in [1.29, 1.82) is 0 Å². The Morgan fingerprint density at radius 1 is 1.33 bits per heavy atom. The van der Waals surface area contributed by atoms with Crippen molar-refractivity contribution in [1.82, 2.24) is 5.32 Å². The Labute approximate surface area is 121 Å². The van der Waals surface area contributed by atoms with Crippen molar-refractivity contribution in [3.05, 3.63) is 33.0 Å². The van der Waals surface area contributed by atoms with E-state index in [1.165, 1.54) is 0 Å². The van der Waals surface area contributed by atoms with Crippen LogP contribution >= 0.6 is 27.5 Å². The van der Waals surface area contributed by atoms with Gasteiger partial charge in [0.15, 0.2) is 0 Å². The summed E-state index contributed by atoms with van der Waals surface area (Å²) in [6, 6.07) is 3.80. The monoisotopic (exact) mass is 329 g/mol. The molecule has 2 rings (SSSR count). The molecule has 0 radical (unpaired) electrons. The van der Waals surface area contributed by atoms with Crippen LogP contribution < -0.4 is 5.32 Å². The summed E-state index contributed by atoms with van der Waals surface area (Å²) in [6.07, 6.45) is 0. The predicted octanol–water partition coefficient (Wildman–Crippen LogP) is 5.05. The number of fused-ring (bicyclic) bond motifs is 1. The fourth-order valence-corrected chi connectivity index (χ4v) is 2.70. The molecule has 0 atom stereocenters. The summed E-state index contributed by atoms with van der Waals surface area (Å²) in [5, 5.41) is 5.22. The fourth-order valence-electron chi connectivity index (χ4n) is 1.81. The van der Waals surface area contributed by atoms with E-state index in [1.54, 1.807) is 0 Å². The van der Waals surface area contributed by atoms with E-state index < -0.39 is 0 Å². The minimum Gasteiger partial charge on any atom is -0.458 e. The molecule has 98 valence electrons. The van der Waals surface area contributed by atoms with Gasteiger partial charge in [-0.3, -0.25) is 0 Å². The van der Waals surface area contributed by atoms with E-state index in [0.717, 1.165) is 26.8 Å². The maximum absolute atomic E-state index is 6.07. The molecule has 0 amide bonds. The van der Waals surface area contributed by atoms with Crippen LogP contribution in [0.2, 0.25) is 5.02 Å². The van der Waals surface area contributed by atoms with Crippen molar-refractivity contribution in [3.8, 4) is 0 Å². The number of benzene rings is 1. The highest BCUT2D eigenvalue weighted by Crippen LogP contribution is 2.34. The normalized spacial score (nSPS) is 12.3. The first-order chi connectivity index (χ1) is 8.28. The molecule has 1 heterocycles. The third-order valence-corrected chi connectivity index (χ3v) is 3.64. The number of nitrogens with one attached hydrogen (secondary N) is 1. The summed E-state index contributed by atoms with van der Waals surface area (Å²) in [7, 11) is 0. The highest BCUT2D eigenvalue weighted by Gasteiger charge is 2.16. The van der Waals surface area contributed by atoms with Gasteiger partial charge < -0.3 is 9.73 Å². The topological polar surface area (TPSA) is 25.2 Å². The lowest BCUT2D eigenvalue weighted by Crippen LogP contribution is -2.35. The molecule has 1 aromatic carbocycles. The Hall–Kier alpha value is -0.510. The first kappa shape index (κ1) is 13.9. The predicted molar refractivity (Wildman–Crippen MR) is 80.3 cm³/mol. The molecule has 2 nitrogen and oxygen atoms in total. The van der Waals surface area contributed by atoms with Gasteiger partial charge in [0.2, 0.25) is 0 Å². The van der Waals surface area contributed by atoms with Gasteiger partial charge in [-0.2, -0.15) is 0 Å². The highest BCUT2D eigenvalue weighted by molar-refractivity contribution is 9.10. The van der Waals surface area contributed by atoms with Crippen molar-refractivity contribution < 1.29 is 4.42 Å². The lowest BCUT2D eigenvalue weighted by Gasteiger charge is -2.19. The van der Waals surface area contributed by atoms with E-state index in [0.29, 0.717) is 11.6 Å². The quantitative estimate of drug-likeness (QED) is 0.834. The van der Waals surface area contributed by atoms with Gasteiger partial charge in [0.25, 0.3) is 0 Å². The van der Waals surface area contributed by atoms with Crippen LogP contribution in [0.4, 0.5) is 0 Å². The second kappa shape index (κ2) is 4.87. The molecular formula is C14H17BrClNO. The summed E-state index contributed by atoms with van der Waals surface area (Å²) in [5.74, 6) is 0.961. The first-order valence-electron chi connectivity index (χ1n) is 5.90. The van der Waals surface area contributed by atoms with Gasteiger partial charge in [-0.1, -0.05) is 11.6 Å². The average molecular weight is 331 g/mol. The number of hydrogen-bond donors (Lipinski definition) is 1. The number of hydrogen-bond acceptors (Lipinski definition) is 2. The van der Waals surface area contributed by atoms with Crippen molar-refractivity contribution >= 4 is 38.5 Å². The van der Waals surface area contributed by atoms with E-state index in [1.807, 2.05) is 12.1 Å². The molecule has 0 aliphatic heterocycles. The smallest absolute Gasteiger partial charge is 0.148 e. The van der Waals surface area contributed by atoms with Gasteiger partial charge in [0.1, 0.15) is 11.3 Å². The molecule has 0 bridgehead atoms. The zero-order chi connectivity index (χ0) is 13.5. The van der Waals surface area contributed by atoms with Crippen molar-refractivity contribution in [2.45, 2.75) is 39.8 Å². The lowest BCUT2D eigenvalue weighted by molar-refractivity contribution is 0.394. The molecule has 18 heavy (non-hydrogen) atoms. The van der Waals surface area contributed by atoms with Crippen LogP contribution in [0.15, 0.2) is 21.0 Å². The van der Waals surface area contributed by atoms with Crippen LogP contribution in [0.5, 0.6) is 0 Å². The van der Waals surface area contributed by atoms with Crippen LogP contribution in [-0.2, 0) is 6.54 Å². The van der Waals surface area contributed by atoms with Crippen molar-refractivity contribution in [3.63, 3.8) is 0 Å². The van der Waals surface area contributed by atoms with E-state index >= 15 is 0 Å². The standard InChI is InChI=1S/C14H17BrClNO/c1-8-10-5-9(16)6-11(15)13(10)18-12(8)7-17-14(2,3)4/h5-6,17H,7H2,1-4H3. The number of rotatable bonds is 2. The minimum absolute atomic E-state index is 0.0697. The van der Waals surface area contributed by atoms with Crippen molar-refractivity contribution in [2.24, 2.45) is 0 Å². The maximum Gasteiger partial charge on any atom is 0.148 e. The number of halogens is 2. The Morgan fingerprint density at radius 2 is 2.00 bits per heavy atom. The van der Waals surface area contributed by atoms with Gasteiger partial charge >= 0.3 is 0 Å². The third kappa shape index (κ3) is 2.90. The SMILES string of the molecule is Cc1c(CNC(C)(C)C)oc2c(Br)cc(Cl)cc12. The van der Waals surface area contributed by atoms with E-state index in [9.17, 15) is 0 Å². The van der Waals surface area contributed by atoms with Gasteiger partial charge in [-0.05, 0) is 61.3 Å². The zero-order valence-electron chi connectivity index (χ0n) is 11.0. The van der Waals surface area contributed by atoms with Crippen LogP contribution in [0.3, 0.4) is 0 Å². The molecule has 2 aromatic rings. The van der Waals surface area contributed by atoms with E-state index in [4.69, 9.17) is 16.0 Å². The summed E-state index contributed by atoms with van der Waals surface area (Å²) >= 11 is 9.55. The lowest BCUT2D eigenvalue weighted by atomic mass is 10.1. The van der Waals surface area contributed by atoms with Gasteiger partial charge in [0.05, 0.1) is 11.0 Å². The van der Waals surface area contributed by atoms with Crippen molar-refractivity contribution in [2.75, 3.05) is 0 Å². The molecule has 0 saturated heterocycles. The summed E-state index contributed by atoms with van der Waals surface area (Å²) in [4.78, 5) is 0. The molecule has 0 aliphatic carbocycles. The fraction of sp³-hybridized carbons (Fsp3) is 0.429. The molecule has 0 spiro atoms. The van der Waals surface area contributed by atoms with Crippen LogP contribution in [-0.4, -0.2) is 5.54 Å². The second-order valence-corrected chi connectivity index (χ2v) is 6.81. The van der Waals surface area contributed by atoms with E-state index in [2.05, 4.69) is 48.9 Å². The highest BCUT2D eigenvalue weighted by atomic mass is 79.9. The zero-order valence-corrected chi connectivity index (χ0v) is 13.4. The molecule has 0 saturated carbocycles. The Balaban J connectivity index is 2.41. The van der Waals surface area contributed by atoms with Crippen LogP contribution in [0, 0.1) is 6.92 Å². The van der Waals surface area contributed by atoms with Gasteiger partial charge in [-0.25, -0.2) is 0 Å². The molecular weight excluding hydrogens is 314 g/mol. The molecule has 0 fully saturated rings. The Kier molecular flexibility index (Phi) is 3.77. The number of aryl methyl sites for hydroxylation is 1.